The van der Waals surface area contributed by atoms with Crippen molar-refractivity contribution in [2.45, 2.75) is 45.4 Å². The summed E-state index contributed by atoms with van der Waals surface area (Å²) in [5.41, 5.74) is 1.35. The maximum absolute atomic E-state index is 5.46. The summed E-state index contributed by atoms with van der Waals surface area (Å²) >= 11 is 0. The molecule has 0 aromatic carbocycles. The maximum Gasteiger partial charge on any atom is 0.0873 e. The van der Waals surface area contributed by atoms with Crippen LogP contribution in [0.1, 0.15) is 45.4 Å². The van der Waals surface area contributed by atoms with Crippen LogP contribution in [0, 0.1) is 0 Å². The highest BCUT2D eigenvalue weighted by molar-refractivity contribution is 5.19. The zero-order chi connectivity index (χ0) is 9.36. The van der Waals surface area contributed by atoms with Gasteiger partial charge in [-0.05, 0) is 31.3 Å². The van der Waals surface area contributed by atoms with E-state index in [0.29, 0.717) is 0 Å². The van der Waals surface area contributed by atoms with Crippen LogP contribution in [0.15, 0.2) is 24.0 Å². The molecule has 0 radical (unpaired) electrons. The molecule has 0 unspecified atom stereocenters. The summed E-state index contributed by atoms with van der Waals surface area (Å²) in [5.74, 6) is 0. The molecule has 1 aliphatic carbocycles. The van der Waals surface area contributed by atoms with E-state index in [-0.39, 0.29) is 0 Å². The summed E-state index contributed by atoms with van der Waals surface area (Å²) in [6, 6.07) is 0. The molecule has 1 rings (SSSR count). The highest BCUT2D eigenvalue weighted by Gasteiger charge is 1.98. The smallest absolute Gasteiger partial charge is 0.0873 e. The quantitative estimate of drug-likeness (QED) is 0.461. The van der Waals surface area contributed by atoms with Gasteiger partial charge in [-0.3, -0.25) is 0 Å². The minimum absolute atomic E-state index is 0.880. The molecular formula is C12H20O. The Bertz CT molecular complexity index is 180. The van der Waals surface area contributed by atoms with Gasteiger partial charge >= 0.3 is 0 Å². The molecule has 0 atom stereocenters. The van der Waals surface area contributed by atoms with Gasteiger partial charge < -0.3 is 4.74 Å². The van der Waals surface area contributed by atoms with Crippen molar-refractivity contribution >= 4 is 0 Å². The van der Waals surface area contributed by atoms with Crippen molar-refractivity contribution in [3.05, 3.63) is 24.0 Å². The van der Waals surface area contributed by atoms with Gasteiger partial charge in [-0.2, -0.15) is 0 Å². The van der Waals surface area contributed by atoms with Crippen LogP contribution in [0.4, 0.5) is 0 Å². The molecule has 0 aliphatic heterocycles. The second-order valence-corrected chi connectivity index (χ2v) is 3.57. The molecule has 0 N–H and O–H groups in total. The molecule has 1 nitrogen and oxygen atoms in total. The molecule has 0 heterocycles. The first kappa shape index (κ1) is 10.4. The third-order valence-corrected chi connectivity index (χ3v) is 2.27. The number of rotatable bonds is 5. The van der Waals surface area contributed by atoms with Crippen LogP contribution in [0.5, 0.6) is 0 Å². The van der Waals surface area contributed by atoms with Gasteiger partial charge in [0.2, 0.25) is 0 Å². The van der Waals surface area contributed by atoms with Crippen molar-refractivity contribution in [2.75, 3.05) is 6.61 Å². The Morgan fingerprint density at radius 1 is 1.46 bits per heavy atom. The molecule has 0 spiro atoms. The standard InChI is InChI=1S/C12H20O/c1-2-3-7-10-13-11-12-8-5-4-6-9-12/h5,8,11H,2-4,6-7,9-10H2,1H3/b12-11+. The Hall–Kier alpha value is -0.720. The SMILES string of the molecule is CCCCCO/C=C1\C=CCCC1. The lowest BCUT2D eigenvalue weighted by molar-refractivity contribution is 0.238. The Morgan fingerprint density at radius 2 is 2.38 bits per heavy atom. The molecule has 0 amide bonds. The van der Waals surface area contributed by atoms with E-state index in [1.165, 1.54) is 44.1 Å². The third-order valence-electron chi connectivity index (χ3n) is 2.27. The Balaban J connectivity index is 2.08. The van der Waals surface area contributed by atoms with E-state index in [1.807, 2.05) is 6.26 Å². The van der Waals surface area contributed by atoms with Gasteiger partial charge in [-0.15, -0.1) is 0 Å². The average molecular weight is 180 g/mol. The van der Waals surface area contributed by atoms with Crippen molar-refractivity contribution in [3.8, 4) is 0 Å². The topological polar surface area (TPSA) is 9.23 Å². The van der Waals surface area contributed by atoms with Gasteiger partial charge in [0.05, 0.1) is 12.9 Å². The van der Waals surface area contributed by atoms with Crippen molar-refractivity contribution in [1.82, 2.24) is 0 Å². The first-order chi connectivity index (χ1) is 6.43. The van der Waals surface area contributed by atoms with E-state index in [4.69, 9.17) is 4.74 Å². The normalized spacial score (nSPS) is 19.3. The molecule has 0 aromatic heterocycles. The summed E-state index contributed by atoms with van der Waals surface area (Å²) in [6.07, 6.45) is 13.8. The van der Waals surface area contributed by atoms with Crippen LogP contribution in [0.25, 0.3) is 0 Å². The van der Waals surface area contributed by atoms with Gasteiger partial charge in [-0.1, -0.05) is 31.9 Å². The number of hydrogen-bond acceptors (Lipinski definition) is 1. The molecule has 74 valence electrons. The second kappa shape index (κ2) is 6.76. The minimum Gasteiger partial charge on any atom is -0.501 e. The first-order valence-electron chi connectivity index (χ1n) is 5.40. The number of unbranched alkanes of at least 4 members (excludes halogenated alkanes) is 2. The fourth-order valence-corrected chi connectivity index (χ4v) is 1.44. The third kappa shape index (κ3) is 4.76. The van der Waals surface area contributed by atoms with E-state index >= 15 is 0 Å². The zero-order valence-corrected chi connectivity index (χ0v) is 8.59. The molecule has 13 heavy (non-hydrogen) atoms. The molecule has 1 aliphatic rings. The van der Waals surface area contributed by atoms with Crippen molar-refractivity contribution in [2.24, 2.45) is 0 Å². The molecule has 1 heteroatoms. The Labute approximate surface area is 81.5 Å². The van der Waals surface area contributed by atoms with Crippen molar-refractivity contribution in [3.63, 3.8) is 0 Å². The predicted molar refractivity (Wildman–Crippen MR) is 56.6 cm³/mol. The van der Waals surface area contributed by atoms with Gasteiger partial charge in [-0.25, -0.2) is 0 Å². The lowest BCUT2D eigenvalue weighted by atomic mass is 10.0. The van der Waals surface area contributed by atoms with E-state index in [1.54, 1.807) is 0 Å². The Morgan fingerprint density at radius 3 is 3.08 bits per heavy atom. The zero-order valence-electron chi connectivity index (χ0n) is 8.59. The minimum atomic E-state index is 0.880. The van der Waals surface area contributed by atoms with Gasteiger partial charge in [0.15, 0.2) is 0 Å². The maximum atomic E-state index is 5.46. The predicted octanol–water partition coefficient (Wildman–Crippen LogP) is 3.82. The monoisotopic (exact) mass is 180 g/mol. The molecule has 0 saturated heterocycles. The molecular weight excluding hydrogens is 160 g/mol. The largest absolute Gasteiger partial charge is 0.501 e. The number of allylic oxidation sites excluding steroid dienone is 3. The van der Waals surface area contributed by atoms with E-state index in [0.717, 1.165) is 6.61 Å². The van der Waals surface area contributed by atoms with Gasteiger partial charge in [0, 0.05) is 0 Å². The van der Waals surface area contributed by atoms with Crippen LogP contribution in [0.3, 0.4) is 0 Å². The van der Waals surface area contributed by atoms with Crippen LogP contribution in [0.2, 0.25) is 0 Å². The van der Waals surface area contributed by atoms with Crippen LogP contribution >= 0.6 is 0 Å². The fraction of sp³-hybridized carbons (Fsp3) is 0.667. The molecule has 0 saturated carbocycles. The summed E-state index contributed by atoms with van der Waals surface area (Å²) in [6.45, 7) is 3.09. The Kier molecular flexibility index (Phi) is 5.39. The van der Waals surface area contributed by atoms with Crippen molar-refractivity contribution < 1.29 is 4.74 Å². The first-order valence-corrected chi connectivity index (χ1v) is 5.40. The van der Waals surface area contributed by atoms with Crippen LogP contribution < -0.4 is 0 Å². The number of hydrogen-bond donors (Lipinski definition) is 0. The van der Waals surface area contributed by atoms with E-state index in [2.05, 4.69) is 19.1 Å². The van der Waals surface area contributed by atoms with Gasteiger partial charge in [0.1, 0.15) is 0 Å². The molecule has 0 aromatic rings. The molecule has 0 bridgehead atoms. The summed E-state index contributed by atoms with van der Waals surface area (Å²) in [7, 11) is 0. The fourth-order valence-electron chi connectivity index (χ4n) is 1.44. The van der Waals surface area contributed by atoms with Crippen LogP contribution in [-0.4, -0.2) is 6.61 Å². The second-order valence-electron chi connectivity index (χ2n) is 3.57. The lowest BCUT2D eigenvalue weighted by Crippen LogP contribution is -1.91. The van der Waals surface area contributed by atoms with Crippen molar-refractivity contribution in [1.29, 1.82) is 0 Å². The summed E-state index contributed by atoms with van der Waals surface area (Å²) in [5, 5.41) is 0. The lowest BCUT2D eigenvalue weighted by Gasteiger charge is -2.07. The average Bonchev–Trinajstić information content (AvgIpc) is 2.19. The van der Waals surface area contributed by atoms with Crippen LogP contribution in [-0.2, 0) is 4.74 Å². The summed E-state index contributed by atoms with van der Waals surface area (Å²) < 4.78 is 5.46. The number of ether oxygens (including phenoxy) is 1. The van der Waals surface area contributed by atoms with E-state index < -0.39 is 0 Å². The molecule has 0 fully saturated rings. The summed E-state index contributed by atoms with van der Waals surface area (Å²) in [4.78, 5) is 0. The highest BCUT2D eigenvalue weighted by atomic mass is 16.5. The van der Waals surface area contributed by atoms with Gasteiger partial charge in [0.25, 0.3) is 0 Å². The van der Waals surface area contributed by atoms with E-state index in [9.17, 15) is 0 Å². The highest BCUT2D eigenvalue weighted by Crippen LogP contribution is 2.15.